The predicted octanol–water partition coefficient (Wildman–Crippen LogP) is 3.87. The Labute approximate surface area is 148 Å². The average Bonchev–Trinajstić information content (AvgIpc) is 2.64. The SMILES string of the molecule is CC1CCN(C(CNc2ncccc2[N+](=O)[O-])c2ccccc2)CC1. The standard InChI is InChI=1S/C19H24N4O2/c1-15-9-12-22(13-10-15)18(16-6-3-2-4-7-16)14-21-19-17(23(24)25)8-5-11-20-19/h2-8,11,15,18H,9-10,12-14H2,1H3,(H,20,21). The fourth-order valence-corrected chi connectivity index (χ4v) is 3.35. The summed E-state index contributed by atoms with van der Waals surface area (Å²) in [5.74, 6) is 1.09. The van der Waals surface area contributed by atoms with E-state index in [9.17, 15) is 10.1 Å². The van der Waals surface area contributed by atoms with Crippen LogP contribution in [0.4, 0.5) is 11.5 Å². The molecule has 132 valence electrons. The van der Waals surface area contributed by atoms with Gasteiger partial charge in [-0.3, -0.25) is 15.0 Å². The zero-order valence-electron chi connectivity index (χ0n) is 14.5. The first-order valence-corrected chi connectivity index (χ1v) is 8.77. The van der Waals surface area contributed by atoms with Crippen molar-refractivity contribution in [3.63, 3.8) is 0 Å². The van der Waals surface area contributed by atoms with Crippen LogP contribution in [0.15, 0.2) is 48.7 Å². The molecule has 1 N–H and O–H groups in total. The van der Waals surface area contributed by atoms with Crippen LogP contribution in [0.1, 0.15) is 31.4 Å². The maximum absolute atomic E-state index is 11.2. The fourth-order valence-electron chi connectivity index (χ4n) is 3.35. The lowest BCUT2D eigenvalue weighted by atomic mass is 9.95. The minimum atomic E-state index is -0.393. The summed E-state index contributed by atoms with van der Waals surface area (Å²) in [6.45, 7) is 4.99. The molecule has 0 aliphatic carbocycles. The Kier molecular flexibility index (Phi) is 5.60. The van der Waals surface area contributed by atoms with E-state index >= 15 is 0 Å². The van der Waals surface area contributed by atoms with Crippen molar-refractivity contribution in [3.8, 4) is 0 Å². The molecule has 0 radical (unpaired) electrons. The first-order chi connectivity index (χ1) is 12.1. The van der Waals surface area contributed by atoms with Crippen molar-refractivity contribution in [2.45, 2.75) is 25.8 Å². The Morgan fingerprint density at radius 2 is 1.96 bits per heavy atom. The fraction of sp³-hybridized carbons (Fsp3) is 0.421. The molecule has 25 heavy (non-hydrogen) atoms. The summed E-state index contributed by atoms with van der Waals surface area (Å²) >= 11 is 0. The van der Waals surface area contributed by atoms with Gasteiger partial charge in [-0.1, -0.05) is 37.3 Å². The van der Waals surface area contributed by atoms with Crippen LogP contribution in [0.5, 0.6) is 0 Å². The molecule has 0 saturated carbocycles. The maximum Gasteiger partial charge on any atom is 0.311 e. The number of rotatable bonds is 6. The predicted molar refractivity (Wildman–Crippen MR) is 98.5 cm³/mol. The van der Waals surface area contributed by atoms with E-state index in [1.54, 1.807) is 12.3 Å². The van der Waals surface area contributed by atoms with E-state index in [0.29, 0.717) is 12.4 Å². The van der Waals surface area contributed by atoms with Crippen LogP contribution in [0.25, 0.3) is 0 Å². The van der Waals surface area contributed by atoms with Gasteiger partial charge in [-0.05, 0) is 43.5 Å². The summed E-state index contributed by atoms with van der Waals surface area (Å²) in [7, 11) is 0. The summed E-state index contributed by atoms with van der Waals surface area (Å²) in [6, 6.07) is 13.6. The van der Waals surface area contributed by atoms with Crippen LogP contribution in [0.2, 0.25) is 0 Å². The van der Waals surface area contributed by atoms with Crippen molar-refractivity contribution >= 4 is 11.5 Å². The summed E-state index contributed by atoms with van der Waals surface area (Å²) < 4.78 is 0. The van der Waals surface area contributed by atoms with Gasteiger partial charge in [0.25, 0.3) is 0 Å². The molecule has 1 aliphatic rings. The molecule has 1 aromatic carbocycles. The van der Waals surface area contributed by atoms with Gasteiger partial charge in [-0.2, -0.15) is 0 Å². The Morgan fingerprint density at radius 1 is 1.24 bits per heavy atom. The molecule has 1 saturated heterocycles. The smallest absolute Gasteiger partial charge is 0.311 e. The Balaban J connectivity index is 1.78. The van der Waals surface area contributed by atoms with Gasteiger partial charge in [0.1, 0.15) is 0 Å². The van der Waals surface area contributed by atoms with Gasteiger partial charge in [0.2, 0.25) is 5.82 Å². The van der Waals surface area contributed by atoms with E-state index < -0.39 is 4.92 Å². The van der Waals surface area contributed by atoms with Gasteiger partial charge in [0, 0.05) is 18.8 Å². The highest BCUT2D eigenvalue weighted by atomic mass is 16.6. The van der Waals surface area contributed by atoms with Gasteiger partial charge in [-0.25, -0.2) is 4.98 Å². The van der Waals surface area contributed by atoms with Gasteiger partial charge < -0.3 is 5.32 Å². The minimum Gasteiger partial charge on any atom is -0.362 e. The van der Waals surface area contributed by atoms with Crippen LogP contribution in [-0.2, 0) is 0 Å². The van der Waals surface area contributed by atoms with E-state index in [1.807, 2.05) is 18.2 Å². The Hall–Kier alpha value is -2.47. The number of nitrogens with one attached hydrogen (secondary N) is 1. The highest BCUT2D eigenvalue weighted by Crippen LogP contribution is 2.28. The van der Waals surface area contributed by atoms with Crippen molar-refractivity contribution in [2.24, 2.45) is 5.92 Å². The second-order valence-electron chi connectivity index (χ2n) is 6.65. The van der Waals surface area contributed by atoms with E-state index in [1.165, 1.54) is 24.5 Å². The molecular weight excluding hydrogens is 316 g/mol. The summed E-state index contributed by atoms with van der Waals surface area (Å²) in [6.07, 6.45) is 3.95. The Morgan fingerprint density at radius 3 is 2.64 bits per heavy atom. The highest BCUT2D eigenvalue weighted by Gasteiger charge is 2.25. The third-order valence-corrected chi connectivity index (χ3v) is 4.89. The number of benzene rings is 1. The molecule has 6 nitrogen and oxygen atoms in total. The van der Waals surface area contributed by atoms with Gasteiger partial charge >= 0.3 is 5.69 Å². The third-order valence-electron chi connectivity index (χ3n) is 4.89. The van der Waals surface area contributed by atoms with Crippen LogP contribution in [0.3, 0.4) is 0 Å². The molecule has 0 spiro atoms. The third kappa shape index (κ3) is 4.33. The van der Waals surface area contributed by atoms with Crippen molar-refractivity contribution in [2.75, 3.05) is 25.0 Å². The number of nitrogens with zero attached hydrogens (tertiary/aromatic N) is 3. The molecule has 1 fully saturated rings. The largest absolute Gasteiger partial charge is 0.362 e. The van der Waals surface area contributed by atoms with Crippen LogP contribution in [0, 0.1) is 16.0 Å². The maximum atomic E-state index is 11.2. The lowest BCUT2D eigenvalue weighted by molar-refractivity contribution is -0.384. The summed E-state index contributed by atoms with van der Waals surface area (Å²) in [5.41, 5.74) is 1.24. The quantitative estimate of drug-likeness (QED) is 0.638. The molecule has 1 unspecified atom stereocenters. The van der Waals surface area contributed by atoms with Crippen molar-refractivity contribution in [1.82, 2.24) is 9.88 Å². The van der Waals surface area contributed by atoms with E-state index in [2.05, 4.69) is 34.3 Å². The molecule has 1 atom stereocenters. The van der Waals surface area contributed by atoms with E-state index in [-0.39, 0.29) is 11.7 Å². The second-order valence-corrected chi connectivity index (χ2v) is 6.65. The number of hydrogen-bond acceptors (Lipinski definition) is 5. The van der Waals surface area contributed by atoms with Crippen molar-refractivity contribution in [1.29, 1.82) is 0 Å². The first-order valence-electron chi connectivity index (χ1n) is 8.77. The number of aromatic nitrogens is 1. The van der Waals surface area contributed by atoms with E-state index in [0.717, 1.165) is 19.0 Å². The van der Waals surface area contributed by atoms with Crippen LogP contribution < -0.4 is 5.32 Å². The number of hydrogen-bond donors (Lipinski definition) is 1. The second kappa shape index (κ2) is 8.07. The zero-order chi connectivity index (χ0) is 17.6. The normalized spacial score (nSPS) is 17.2. The lowest BCUT2D eigenvalue weighted by Gasteiger charge is -2.37. The molecule has 0 amide bonds. The molecular formula is C19H24N4O2. The average molecular weight is 340 g/mol. The molecule has 3 rings (SSSR count). The highest BCUT2D eigenvalue weighted by molar-refractivity contribution is 5.55. The molecule has 2 aromatic rings. The molecule has 2 heterocycles. The summed E-state index contributed by atoms with van der Waals surface area (Å²) in [4.78, 5) is 17.4. The number of piperidine rings is 1. The van der Waals surface area contributed by atoms with Gasteiger partial charge in [0.15, 0.2) is 0 Å². The monoisotopic (exact) mass is 340 g/mol. The lowest BCUT2D eigenvalue weighted by Crippen LogP contribution is -2.39. The van der Waals surface area contributed by atoms with Gasteiger partial charge in [0.05, 0.1) is 11.0 Å². The van der Waals surface area contributed by atoms with Crippen molar-refractivity contribution in [3.05, 3.63) is 64.3 Å². The number of anilines is 1. The summed E-state index contributed by atoms with van der Waals surface area (Å²) in [5, 5.41) is 14.4. The number of likely N-dealkylation sites (tertiary alicyclic amines) is 1. The molecule has 1 aromatic heterocycles. The molecule has 6 heteroatoms. The minimum absolute atomic E-state index is 0.0154. The number of pyridine rings is 1. The van der Waals surface area contributed by atoms with Crippen LogP contribution in [-0.4, -0.2) is 34.4 Å². The number of nitro groups is 1. The Bertz CT molecular complexity index is 700. The van der Waals surface area contributed by atoms with Gasteiger partial charge in [-0.15, -0.1) is 0 Å². The molecule has 0 bridgehead atoms. The first kappa shape index (κ1) is 17.4. The zero-order valence-corrected chi connectivity index (χ0v) is 14.5. The van der Waals surface area contributed by atoms with E-state index in [4.69, 9.17) is 0 Å². The molecule has 1 aliphatic heterocycles. The van der Waals surface area contributed by atoms with Crippen LogP contribution >= 0.6 is 0 Å². The van der Waals surface area contributed by atoms with Crippen molar-refractivity contribution < 1.29 is 4.92 Å². The topological polar surface area (TPSA) is 71.3 Å².